The lowest BCUT2D eigenvalue weighted by Crippen LogP contribution is -2.36. The molecule has 0 spiro atoms. The average Bonchev–Trinajstić information content (AvgIpc) is 2.89. The highest BCUT2D eigenvalue weighted by atomic mass is 16.2. The van der Waals surface area contributed by atoms with E-state index in [1.807, 2.05) is 6.08 Å². The lowest BCUT2D eigenvalue weighted by Gasteiger charge is -2.17. The normalized spacial score (nSPS) is 24.2. The van der Waals surface area contributed by atoms with E-state index in [-0.39, 0.29) is 17.7 Å². The molecule has 4 nitrogen and oxygen atoms in total. The molecule has 0 aromatic rings. The summed E-state index contributed by atoms with van der Waals surface area (Å²) in [6.07, 6.45) is 8.60. The maximum Gasteiger partial charge on any atom is 0.248 e. The monoisotopic (exact) mass is 248 g/mol. The molecule has 2 saturated carbocycles. The number of nitrogens with one attached hydrogen (secondary N) is 1. The van der Waals surface area contributed by atoms with Gasteiger partial charge in [-0.2, -0.15) is 0 Å². The van der Waals surface area contributed by atoms with Crippen LogP contribution in [-0.2, 0) is 9.59 Å². The Labute approximate surface area is 107 Å². The van der Waals surface area contributed by atoms with Crippen LogP contribution in [0.5, 0.6) is 0 Å². The molecule has 0 unspecified atom stereocenters. The first-order chi connectivity index (χ1) is 8.74. The van der Waals surface area contributed by atoms with Crippen LogP contribution >= 0.6 is 0 Å². The predicted molar refractivity (Wildman–Crippen MR) is 67.8 cm³/mol. The summed E-state index contributed by atoms with van der Waals surface area (Å²) in [7, 11) is 0. The second-order valence-electron chi connectivity index (χ2n) is 5.68. The molecule has 0 aromatic heterocycles. The van der Waals surface area contributed by atoms with Crippen molar-refractivity contribution in [2.75, 3.05) is 13.1 Å². The average molecular weight is 248 g/mol. The highest BCUT2D eigenvalue weighted by Gasteiger charge is 2.35. The van der Waals surface area contributed by atoms with E-state index in [9.17, 15) is 9.59 Å². The van der Waals surface area contributed by atoms with E-state index >= 15 is 0 Å². The van der Waals surface area contributed by atoms with E-state index in [4.69, 9.17) is 0 Å². The summed E-state index contributed by atoms with van der Waals surface area (Å²) < 4.78 is 0. The molecule has 0 atom stereocenters. The maximum absolute atomic E-state index is 12.0. The molecule has 0 aromatic carbocycles. The van der Waals surface area contributed by atoms with Crippen LogP contribution in [0.1, 0.15) is 38.5 Å². The zero-order chi connectivity index (χ0) is 12.5. The van der Waals surface area contributed by atoms with Gasteiger partial charge >= 0.3 is 0 Å². The van der Waals surface area contributed by atoms with Crippen LogP contribution in [0.15, 0.2) is 11.6 Å². The molecule has 1 aliphatic heterocycles. The van der Waals surface area contributed by atoms with Crippen molar-refractivity contribution < 1.29 is 9.59 Å². The van der Waals surface area contributed by atoms with Gasteiger partial charge in [-0.25, -0.2) is 0 Å². The molecule has 0 saturated heterocycles. The number of amides is 2. The van der Waals surface area contributed by atoms with Crippen molar-refractivity contribution in [2.24, 2.45) is 5.92 Å². The van der Waals surface area contributed by atoms with Crippen LogP contribution in [-0.4, -0.2) is 35.8 Å². The SMILES string of the molecule is O=C(NC1CCCC1)C1=CCN(C(=O)C2CC2)C1. The Bertz CT molecular complexity index is 393. The van der Waals surface area contributed by atoms with Gasteiger partial charge in [-0.3, -0.25) is 9.59 Å². The third kappa shape index (κ3) is 2.42. The summed E-state index contributed by atoms with van der Waals surface area (Å²) >= 11 is 0. The van der Waals surface area contributed by atoms with Crippen molar-refractivity contribution in [2.45, 2.75) is 44.6 Å². The van der Waals surface area contributed by atoms with Crippen LogP contribution < -0.4 is 5.32 Å². The summed E-state index contributed by atoms with van der Waals surface area (Å²) in [5.74, 6) is 0.513. The molecule has 3 aliphatic rings. The molecule has 1 N–H and O–H groups in total. The van der Waals surface area contributed by atoms with Gasteiger partial charge in [0.15, 0.2) is 0 Å². The van der Waals surface area contributed by atoms with E-state index in [0.29, 0.717) is 19.1 Å². The van der Waals surface area contributed by atoms with Crippen LogP contribution in [0.4, 0.5) is 0 Å². The smallest absolute Gasteiger partial charge is 0.248 e. The summed E-state index contributed by atoms with van der Waals surface area (Å²) in [5.41, 5.74) is 0.774. The first kappa shape index (κ1) is 11.8. The summed E-state index contributed by atoms with van der Waals surface area (Å²) in [6, 6.07) is 0.353. The highest BCUT2D eigenvalue weighted by molar-refractivity contribution is 5.96. The molecule has 2 fully saturated rings. The first-order valence-corrected chi connectivity index (χ1v) is 7.03. The van der Waals surface area contributed by atoms with Gasteiger partial charge in [0, 0.05) is 24.1 Å². The van der Waals surface area contributed by atoms with Crippen molar-refractivity contribution in [3.05, 3.63) is 11.6 Å². The van der Waals surface area contributed by atoms with E-state index in [2.05, 4.69) is 5.32 Å². The second-order valence-corrected chi connectivity index (χ2v) is 5.68. The Morgan fingerprint density at radius 1 is 1.17 bits per heavy atom. The van der Waals surface area contributed by atoms with Crippen LogP contribution in [0, 0.1) is 5.92 Å². The van der Waals surface area contributed by atoms with E-state index in [0.717, 1.165) is 31.3 Å². The molecule has 2 aliphatic carbocycles. The summed E-state index contributed by atoms with van der Waals surface area (Å²) in [6.45, 7) is 1.12. The third-order valence-corrected chi connectivity index (χ3v) is 4.14. The lowest BCUT2D eigenvalue weighted by molar-refractivity contribution is -0.131. The standard InChI is InChI=1S/C14H20N2O2/c17-13(15-12-3-1-2-4-12)11-7-8-16(9-11)14(18)10-5-6-10/h7,10,12H,1-6,8-9H2,(H,15,17). The highest BCUT2D eigenvalue weighted by Crippen LogP contribution is 2.32. The number of hydrogen-bond acceptors (Lipinski definition) is 2. The van der Waals surface area contributed by atoms with Gasteiger partial charge in [-0.15, -0.1) is 0 Å². The zero-order valence-electron chi connectivity index (χ0n) is 10.7. The summed E-state index contributed by atoms with van der Waals surface area (Å²) in [5, 5.41) is 3.08. The van der Waals surface area contributed by atoms with Gasteiger partial charge in [-0.05, 0) is 25.7 Å². The number of nitrogens with zero attached hydrogens (tertiary/aromatic N) is 1. The topological polar surface area (TPSA) is 49.4 Å². The minimum atomic E-state index is 0.0352. The van der Waals surface area contributed by atoms with Gasteiger partial charge in [-0.1, -0.05) is 18.9 Å². The van der Waals surface area contributed by atoms with Crippen LogP contribution in [0.3, 0.4) is 0 Å². The minimum absolute atomic E-state index is 0.0352. The zero-order valence-corrected chi connectivity index (χ0v) is 10.7. The number of rotatable bonds is 3. The van der Waals surface area contributed by atoms with E-state index < -0.39 is 0 Å². The molecule has 1 heterocycles. The van der Waals surface area contributed by atoms with Crippen molar-refractivity contribution >= 4 is 11.8 Å². The van der Waals surface area contributed by atoms with E-state index in [1.54, 1.807) is 4.90 Å². The van der Waals surface area contributed by atoms with Crippen LogP contribution in [0.25, 0.3) is 0 Å². The summed E-state index contributed by atoms with van der Waals surface area (Å²) in [4.78, 5) is 25.7. The van der Waals surface area contributed by atoms with Gasteiger partial charge in [0.25, 0.3) is 0 Å². The van der Waals surface area contributed by atoms with Crippen molar-refractivity contribution in [1.82, 2.24) is 10.2 Å². The number of carbonyl (C=O) groups excluding carboxylic acids is 2. The largest absolute Gasteiger partial charge is 0.350 e. The molecule has 0 radical (unpaired) electrons. The van der Waals surface area contributed by atoms with Gasteiger partial charge < -0.3 is 10.2 Å². The van der Waals surface area contributed by atoms with Crippen molar-refractivity contribution in [1.29, 1.82) is 0 Å². The molecule has 3 rings (SSSR count). The Kier molecular flexibility index (Phi) is 3.10. The second kappa shape index (κ2) is 4.75. The van der Waals surface area contributed by atoms with Gasteiger partial charge in [0.05, 0.1) is 6.54 Å². The third-order valence-electron chi connectivity index (χ3n) is 4.14. The fourth-order valence-electron chi connectivity index (χ4n) is 2.82. The molecule has 2 amide bonds. The van der Waals surface area contributed by atoms with Gasteiger partial charge in [0.2, 0.25) is 11.8 Å². The lowest BCUT2D eigenvalue weighted by atomic mass is 10.2. The Morgan fingerprint density at radius 2 is 1.89 bits per heavy atom. The number of hydrogen-bond donors (Lipinski definition) is 1. The van der Waals surface area contributed by atoms with Crippen molar-refractivity contribution in [3.8, 4) is 0 Å². The molecule has 18 heavy (non-hydrogen) atoms. The Balaban J connectivity index is 1.50. The molecule has 4 heteroatoms. The number of carbonyl (C=O) groups is 2. The Morgan fingerprint density at radius 3 is 2.56 bits per heavy atom. The predicted octanol–water partition coefficient (Wildman–Crippen LogP) is 1.22. The fraction of sp³-hybridized carbons (Fsp3) is 0.714. The van der Waals surface area contributed by atoms with Crippen molar-refractivity contribution in [3.63, 3.8) is 0 Å². The molecular formula is C14H20N2O2. The van der Waals surface area contributed by atoms with Crippen LogP contribution in [0.2, 0.25) is 0 Å². The molecule has 0 bridgehead atoms. The van der Waals surface area contributed by atoms with Gasteiger partial charge in [0.1, 0.15) is 0 Å². The fourth-order valence-corrected chi connectivity index (χ4v) is 2.82. The Hall–Kier alpha value is -1.32. The molecular weight excluding hydrogens is 228 g/mol. The minimum Gasteiger partial charge on any atom is -0.350 e. The molecule has 98 valence electrons. The quantitative estimate of drug-likeness (QED) is 0.816. The van der Waals surface area contributed by atoms with E-state index in [1.165, 1.54) is 12.8 Å². The first-order valence-electron chi connectivity index (χ1n) is 7.03. The maximum atomic E-state index is 12.0.